The maximum atomic E-state index is 11.4. The highest BCUT2D eigenvalue weighted by atomic mass is 16.1. The molecular formula is C20H27N3O. The third-order valence-electron chi connectivity index (χ3n) is 5.11. The zero-order valence-electron chi connectivity index (χ0n) is 14.6. The number of piperidine rings is 1. The maximum Gasteiger partial charge on any atom is 0.248 e. The Morgan fingerprint density at radius 2 is 2.00 bits per heavy atom. The van der Waals surface area contributed by atoms with Gasteiger partial charge in [-0.15, -0.1) is 0 Å². The van der Waals surface area contributed by atoms with Crippen molar-refractivity contribution in [3.05, 3.63) is 70.1 Å². The van der Waals surface area contributed by atoms with Crippen LogP contribution in [0.25, 0.3) is 0 Å². The molecule has 0 saturated carbocycles. The van der Waals surface area contributed by atoms with Crippen LogP contribution in [0, 0.1) is 0 Å². The van der Waals surface area contributed by atoms with Crippen LogP contribution in [-0.4, -0.2) is 40.5 Å². The number of aromatic nitrogens is 1. The summed E-state index contributed by atoms with van der Waals surface area (Å²) in [5.74, 6) is 0. The maximum absolute atomic E-state index is 11.4. The van der Waals surface area contributed by atoms with Crippen molar-refractivity contribution in [2.75, 3.05) is 13.6 Å². The van der Waals surface area contributed by atoms with E-state index >= 15 is 0 Å². The van der Waals surface area contributed by atoms with E-state index in [-0.39, 0.29) is 5.56 Å². The molecule has 1 fully saturated rings. The molecule has 1 aliphatic heterocycles. The van der Waals surface area contributed by atoms with E-state index in [1.165, 1.54) is 18.4 Å². The first-order valence-electron chi connectivity index (χ1n) is 8.77. The number of nitrogens with zero attached hydrogens (tertiary/aromatic N) is 2. The molecule has 1 N–H and O–H groups in total. The smallest absolute Gasteiger partial charge is 0.248 e. The van der Waals surface area contributed by atoms with Crippen LogP contribution in [0.4, 0.5) is 0 Å². The number of aromatic amines is 1. The SMILES string of the molecule is C[C@H]1C[C@@H](N(C)Cc2cc[nH]c(=O)c2)CCN1Cc1ccccc1. The lowest BCUT2D eigenvalue weighted by molar-refractivity contribution is 0.0771. The molecule has 0 radical (unpaired) electrons. The van der Waals surface area contributed by atoms with Gasteiger partial charge in [0.25, 0.3) is 0 Å². The minimum absolute atomic E-state index is 0.0213. The van der Waals surface area contributed by atoms with E-state index in [9.17, 15) is 4.79 Å². The summed E-state index contributed by atoms with van der Waals surface area (Å²) in [5, 5.41) is 0. The molecule has 0 aliphatic carbocycles. The van der Waals surface area contributed by atoms with Crippen molar-refractivity contribution in [3.8, 4) is 0 Å². The van der Waals surface area contributed by atoms with E-state index in [0.717, 1.165) is 25.2 Å². The quantitative estimate of drug-likeness (QED) is 0.919. The van der Waals surface area contributed by atoms with Gasteiger partial charge in [0.1, 0.15) is 0 Å². The van der Waals surface area contributed by atoms with E-state index in [1.807, 2.05) is 6.07 Å². The van der Waals surface area contributed by atoms with Crippen molar-refractivity contribution in [1.29, 1.82) is 0 Å². The molecule has 0 amide bonds. The van der Waals surface area contributed by atoms with Gasteiger partial charge in [-0.05, 0) is 44.0 Å². The van der Waals surface area contributed by atoms with Gasteiger partial charge >= 0.3 is 0 Å². The standard InChI is InChI=1S/C20H27N3O/c1-16-12-19(22(2)14-18-8-10-21-20(24)13-18)9-11-23(16)15-17-6-4-3-5-7-17/h3-8,10,13,16,19H,9,11-12,14-15H2,1-2H3,(H,21,24)/t16-,19-/m0/s1. The Kier molecular flexibility index (Phi) is 5.48. The molecule has 0 bridgehead atoms. The Morgan fingerprint density at radius 1 is 1.21 bits per heavy atom. The van der Waals surface area contributed by atoms with Crippen molar-refractivity contribution in [3.63, 3.8) is 0 Å². The van der Waals surface area contributed by atoms with Crippen molar-refractivity contribution in [2.45, 2.75) is 44.9 Å². The van der Waals surface area contributed by atoms with E-state index in [1.54, 1.807) is 12.3 Å². The lowest BCUT2D eigenvalue weighted by atomic mass is 9.96. The van der Waals surface area contributed by atoms with Gasteiger partial charge in [0.05, 0.1) is 0 Å². The number of rotatable bonds is 5. The second kappa shape index (κ2) is 7.77. The van der Waals surface area contributed by atoms with Gasteiger partial charge in [-0.1, -0.05) is 30.3 Å². The zero-order valence-corrected chi connectivity index (χ0v) is 14.6. The van der Waals surface area contributed by atoms with E-state index < -0.39 is 0 Å². The minimum atomic E-state index is -0.0213. The van der Waals surface area contributed by atoms with Gasteiger partial charge in [0, 0.05) is 44.0 Å². The fourth-order valence-electron chi connectivity index (χ4n) is 3.65. The molecule has 2 aromatic rings. The molecule has 1 aromatic heterocycles. The number of H-pyrrole nitrogens is 1. The molecule has 24 heavy (non-hydrogen) atoms. The van der Waals surface area contributed by atoms with Gasteiger partial charge in [-0.2, -0.15) is 0 Å². The summed E-state index contributed by atoms with van der Waals surface area (Å²) in [6.07, 6.45) is 4.08. The van der Waals surface area contributed by atoms with Gasteiger partial charge in [0.2, 0.25) is 5.56 Å². The molecule has 1 saturated heterocycles. The van der Waals surface area contributed by atoms with Gasteiger partial charge < -0.3 is 4.98 Å². The third kappa shape index (κ3) is 4.34. The van der Waals surface area contributed by atoms with Crippen LogP contribution in [0.15, 0.2) is 53.5 Å². The lowest BCUT2D eigenvalue weighted by Gasteiger charge is -2.41. The van der Waals surface area contributed by atoms with Gasteiger partial charge in [-0.3, -0.25) is 14.6 Å². The van der Waals surface area contributed by atoms with E-state index in [4.69, 9.17) is 0 Å². The molecule has 128 valence electrons. The van der Waals surface area contributed by atoms with E-state index in [0.29, 0.717) is 12.1 Å². The highest BCUT2D eigenvalue weighted by Gasteiger charge is 2.27. The largest absolute Gasteiger partial charge is 0.329 e. The molecule has 4 heteroatoms. The molecule has 1 aliphatic rings. The number of likely N-dealkylation sites (tertiary alicyclic amines) is 1. The molecule has 0 unspecified atom stereocenters. The number of hydrogen-bond donors (Lipinski definition) is 1. The molecular weight excluding hydrogens is 298 g/mol. The Balaban J connectivity index is 1.55. The third-order valence-corrected chi connectivity index (χ3v) is 5.11. The molecule has 3 rings (SSSR count). The predicted molar refractivity (Wildman–Crippen MR) is 97.9 cm³/mol. The highest BCUT2D eigenvalue weighted by molar-refractivity contribution is 5.15. The van der Waals surface area contributed by atoms with Crippen LogP contribution < -0.4 is 5.56 Å². The van der Waals surface area contributed by atoms with Crippen LogP contribution in [0.3, 0.4) is 0 Å². The topological polar surface area (TPSA) is 39.3 Å². The van der Waals surface area contributed by atoms with Crippen molar-refractivity contribution >= 4 is 0 Å². The molecule has 0 spiro atoms. The summed E-state index contributed by atoms with van der Waals surface area (Å²) < 4.78 is 0. The molecule has 1 aromatic carbocycles. The highest BCUT2D eigenvalue weighted by Crippen LogP contribution is 2.23. The second-order valence-corrected chi connectivity index (χ2v) is 6.96. The van der Waals surface area contributed by atoms with Crippen LogP contribution >= 0.6 is 0 Å². The number of hydrogen-bond acceptors (Lipinski definition) is 3. The van der Waals surface area contributed by atoms with Crippen LogP contribution in [-0.2, 0) is 13.1 Å². The summed E-state index contributed by atoms with van der Waals surface area (Å²) in [6.45, 7) is 5.32. The summed E-state index contributed by atoms with van der Waals surface area (Å²) in [4.78, 5) is 19.1. The first-order valence-corrected chi connectivity index (χ1v) is 8.77. The van der Waals surface area contributed by atoms with Gasteiger partial charge in [0.15, 0.2) is 0 Å². The first-order chi connectivity index (χ1) is 11.6. The Labute approximate surface area is 144 Å². The van der Waals surface area contributed by atoms with Crippen molar-refractivity contribution in [1.82, 2.24) is 14.8 Å². The van der Waals surface area contributed by atoms with Crippen LogP contribution in [0.1, 0.15) is 30.9 Å². The molecule has 2 atom stereocenters. The summed E-state index contributed by atoms with van der Waals surface area (Å²) >= 11 is 0. The monoisotopic (exact) mass is 325 g/mol. The molecule has 4 nitrogen and oxygen atoms in total. The zero-order chi connectivity index (χ0) is 16.9. The first kappa shape index (κ1) is 16.9. The molecule has 2 heterocycles. The summed E-state index contributed by atoms with van der Waals surface area (Å²) in [7, 11) is 2.17. The van der Waals surface area contributed by atoms with Crippen LogP contribution in [0.2, 0.25) is 0 Å². The minimum Gasteiger partial charge on any atom is -0.329 e. The Bertz CT molecular complexity index is 697. The normalized spacial score (nSPS) is 22.0. The fraction of sp³-hybridized carbons (Fsp3) is 0.450. The average Bonchev–Trinajstić information content (AvgIpc) is 2.57. The van der Waals surface area contributed by atoms with Crippen molar-refractivity contribution in [2.24, 2.45) is 0 Å². The second-order valence-electron chi connectivity index (χ2n) is 6.96. The fourth-order valence-corrected chi connectivity index (χ4v) is 3.65. The summed E-state index contributed by atoms with van der Waals surface area (Å²) in [5.41, 5.74) is 2.45. The number of nitrogens with one attached hydrogen (secondary N) is 1. The summed E-state index contributed by atoms with van der Waals surface area (Å²) in [6, 6.07) is 15.6. The van der Waals surface area contributed by atoms with Gasteiger partial charge in [-0.25, -0.2) is 0 Å². The number of pyridine rings is 1. The Morgan fingerprint density at radius 3 is 2.71 bits per heavy atom. The lowest BCUT2D eigenvalue weighted by Crippen LogP contribution is -2.47. The Hall–Kier alpha value is -1.91. The predicted octanol–water partition coefficient (Wildman–Crippen LogP) is 2.86. The number of benzene rings is 1. The van der Waals surface area contributed by atoms with E-state index in [2.05, 4.69) is 59.1 Å². The average molecular weight is 325 g/mol. The van der Waals surface area contributed by atoms with Crippen molar-refractivity contribution < 1.29 is 0 Å². The van der Waals surface area contributed by atoms with Crippen LogP contribution in [0.5, 0.6) is 0 Å².